The summed E-state index contributed by atoms with van der Waals surface area (Å²) in [4.78, 5) is 53.4. The van der Waals surface area contributed by atoms with Crippen LogP contribution in [-0.2, 0) is 19.1 Å². The van der Waals surface area contributed by atoms with Gasteiger partial charge in [0, 0.05) is 12.1 Å². The molecule has 4 amide bonds. The van der Waals surface area contributed by atoms with Crippen molar-refractivity contribution >= 4 is 23.8 Å². The molecular formula is C27H44N4O6. The highest BCUT2D eigenvalue weighted by Gasteiger charge is 2.39. The lowest BCUT2D eigenvalue weighted by molar-refractivity contribution is -0.146. The first-order valence-corrected chi connectivity index (χ1v) is 12.8. The highest BCUT2D eigenvalue weighted by molar-refractivity contribution is 5.94. The molecule has 10 heteroatoms. The molecule has 0 saturated carbocycles. The Bertz CT molecular complexity index is 959. The maximum absolute atomic E-state index is 14.0. The third-order valence-electron chi connectivity index (χ3n) is 5.89. The summed E-state index contributed by atoms with van der Waals surface area (Å²) in [7, 11) is 0. The molecule has 0 heterocycles. The van der Waals surface area contributed by atoms with Crippen molar-refractivity contribution in [2.45, 2.75) is 111 Å². The van der Waals surface area contributed by atoms with Crippen molar-refractivity contribution in [3.05, 3.63) is 29.3 Å². The normalized spacial score (nSPS) is 14.6. The summed E-state index contributed by atoms with van der Waals surface area (Å²) in [5.41, 5.74) is 5.61. The Hall–Kier alpha value is -3.30. The molecule has 10 nitrogen and oxygen atoms in total. The molecule has 0 spiro atoms. The van der Waals surface area contributed by atoms with Gasteiger partial charge in [-0.25, -0.2) is 4.79 Å². The monoisotopic (exact) mass is 520 g/mol. The first-order chi connectivity index (χ1) is 17.1. The SMILES string of the molecule is CCCC(C)NC(=O)C(c1ccc(O)c(C)c1)N(C(=O)C(CC(N)=O)NC(=O)OC(C)(C)C)C(C)CC. The third kappa shape index (κ3) is 9.93. The second-order valence-corrected chi connectivity index (χ2v) is 10.5. The van der Waals surface area contributed by atoms with E-state index in [0.717, 1.165) is 12.8 Å². The molecule has 5 N–H and O–H groups in total. The smallest absolute Gasteiger partial charge is 0.408 e. The van der Waals surface area contributed by atoms with E-state index in [4.69, 9.17) is 10.5 Å². The van der Waals surface area contributed by atoms with Crippen molar-refractivity contribution < 1.29 is 29.0 Å². The summed E-state index contributed by atoms with van der Waals surface area (Å²) < 4.78 is 5.29. The number of primary amides is 1. The number of phenolic OH excluding ortho intramolecular Hbond substituents is 1. The topological polar surface area (TPSA) is 151 Å². The maximum Gasteiger partial charge on any atom is 0.408 e. The van der Waals surface area contributed by atoms with E-state index >= 15 is 0 Å². The van der Waals surface area contributed by atoms with Gasteiger partial charge in [-0.1, -0.05) is 26.3 Å². The summed E-state index contributed by atoms with van der Waals surface area (Å²) in [5, 5.41) is 15.5. The molecule has 0 aliphatic heterocycles. The second-order valence-electron chi connectivity index (χ2n) is 10.5. The van der Waals surface area contributed by atoms with E-state index < -0.39 is 54.0 Å². The van der Waals surface area contributed by atoms with Crippen molar-refractivity contribution in [3.8, 4) is 5.75 Å². The molecule has 1 aromatic rings. The van der Waals surface area contributed by atoms with Crippen molar-refractivity contribution in [3.63, 3.8) is 0 Å². The van der Waals surface area contributed by atoms with Gasteiger partial charge in [-0.05, 0) is 77.6 Å². The molecule has 0 fully saturated rings. The Balaban J connectivity index is 3.60. The summed E-state index contributed by atoms with van der Waals surface area (Å²) in [5.74, 6) is -1.79. The van der Waals surface area contributed by atoms with Gasteiger partial charge in [-0.3, -0.25) is 14.4 Å². The number of nitrogens with two attached hydrogens (primary N) is 1. The molecule has 37 heavy (non-hydrogen) atoms. The Morgan fingerprint density at radius 3 is 2.22 bits per heavy atom. The summed E-state index contributed by atoms with van der Waals surface area (Å²) >= 11 is 0. The van der Waals surface area contributed by atoms with Gasteiger partial charge in [-0.15, -0.1) is 0 Å². The number of nitrogens with one attached hydrogen (secondary N) is 2. The van der Waals surface area contributed by atoms with Crippen molar-refractivity contribution in [2.24, 2.45) is 5.73 Å². The Morgan fingerprint density at radius 1 is 1.11 bits per heavy atom. The van der Waals surface area contributed by atoms with Gasteiger partial charge in [0.25, 0.3) is 0 Å². The molecular weight excluding hydrogens is 476 g/mol. The van der Waals surface area contributed by atoms with Gasteiger partial charge in [0.1, 0.15) is 23.4 Å². The number of rotatable bonds is 12. The molecule has 0 aromatic heterocycles. The number of hydrogen-bond acceptors (Lipinski definition) is 6. The summed E-state index contributed by atoms with van der Waals surface area (Å²) in [6.07, 6.45) is 0.745. The number of benzene rings is 1. The van der Waals surface area contributed by atoms with Gasteiger partial charge in [-0.2, -0.15) is 0 Å². The maximum atomic E-state index is 14.0. The number of aromatic hydroxyl groups is 1. The number of alkyl carbamates (subject to hydrolysis) is 1. The van der Waals surface area contributed by atoms with Crippen LogP contribution in [0.2, 0.25) is 0 Å². The molecule has 1 aromatic carbocycles. The van der Waals surface area contributed by atoms with E-state index in [1.54, 1.807) is 46.8 Å². The van der Waals surface area contributed by atoms with Gasteiger partial charge in [0.2, 0.25) is 17.7 Å². The van der Waals surface area contributed by atoms with Crippen LogP contribution >= 0.6 is 0 Å². The zero-order chi connectivity index (χ0) is 28.5. The Kier molecular flexibility index (Phi) is 11.9. The molecule has 208 valence electrons. The summed E-state index contributed by atoms with van der Waals surface area (Å²) in [6.45, 7) is 14.3. The highest BCUT2D eigenvalue weighted by Crippen LogP contribution is 2.30. The first-order valence-electron chi connectivity index (χ1n) is 12.8. The molecule has 4 unspecified atom stereocenters. The molecule has 0 saturated heterocycles. The van der Waals surface area contributed by atoms with Crippen LogP contribution in [0.15, 0.2) is 18.2 Å². The fourth-order valence-corrected chi connectivity index (χ4v) is 3.94. The van der Waals surface area contributed by atoms with Crippen LogP contribution in [0.5, 0.6) is 5.75 Å². The third-order valence-corrected chi connectivity index (χ3v) is 5.89. The molecule has 0 aliphatic rings. The fraction of sp³-hybridized carbons (Fsp3) is 0.630. The number of ether oxygens (including phenoxy) is 1. The van der Waals surface area contributed by atoms with Crippen LogP contribution < -0.4 is 16.4 Å². The van der Waals surface area contributed by atoms with E-state index in [-0.39, 0.29) is 11.8 Å². The van der Waals surface area contributed by atoms with Crippen LogP contribution in [0.3, 0.4) is 0 Å². The van der Waals surface area contributed by atoms with Crippen LogP contribution in [0.1, 0.15) is 91.3 Å². The quantitative estimate of drug-likeness (QED) is 0.331. The lowest BCUT2D eigenvalue weighted by atomic mass is 9.97. The lowest BCUT2D eigenvalue weighted by Gasteiger charge is -2.38. The average molecular weight is 521 g/mol. The average Bonchev–Trinajstić information content (AvgIpc) is 2.76. The van der Waals surface area contributed by atoms with Crippen molar-refractivity contribution in [1.29, 1.82) is 0 Å². The molecule has 4 atom stereocenters. The summed E-state index contributed by atoms with van der Waals surface area (Å²) in [6, 6.07) is 1.68. The van der Waals surface area contributed by atoms with Crippen LogP contribution in [0.25, 0.3) is 0 Å². The van der Waals surface area contributed by atoms with Gasteiger partial charge >= 0.3 is 6.09 Å². The number of hydrogen-bond donors (Lipinski definition) is 4. The van der Waals surface area contributed by atoms with Gasteiger partial charge in [0.05, 0.1) is 6.42 Å². The van der Waals surface area contributed by atoms with Gasteiger partial charge < -0.3 is 31.1 Å². The molecule has 1 rings (SSSR count). The van der Waals surface area contributed by atoms with E-state index in [1.165, 1.54) is 11.0 Å². The standard InChI is InChI=1S/C27H44N4O6/c1-9-11-17(4)29-24(34)23(19-12-13-21(32)16(3)14-19)31(18(5)10-2)25(35)20(15-22(28)33)30-26(36)37-27(6,7)8/h12-14,17-18,20,23,32H,9-11,15H2,1-8H3,(H2,28,33)(H,29,34)(H,30,36). The predicted molar refractivity (Wildman–Crippen MR) is 142 cm³/mol. The lowest BCUT2D eigenvalue weighted by Crippen LogP contribution is -2.56. The van der Waals surface area contributed by atoms with Crippen molar-refractivity contribution in [1.82, 2.24) is 15.5 Å². The van der Waals surface area contributed by atoms with Crippen molar-refractivity contribution in [2.75, 3.05) is 0 Å². The molecule has 0 radical (unpaired) electrons. The Labute approximate surface area is 220 Å². The minimum atomic E-state index is -1.34. The number of nitrogens with zero attached hydrogens (tertiary/aromatic N) is 1. The molecule has 0 bridgehead atoms. The number of carbonyl (C=O) groups is 4. The van der Waals surface area contributed by atoms with Crippen LogP contribution in [-0.4, -0.2) is 57.5 Å². The number of carbonyl (C=O) groups excluding carboxylic acids is 4. The van der Waals surface area contributed by atoms with Gasteiger partial charge in [0.15, 0.2) is 0 Å². The Morgan fingerprint density at radius 2 is 1.73 bits per heavy atom. The fourth-order valence-electron chi connectivity index (χ4n) is 3.94. The predicted octanol–water partition coefficient (Wildman–Crippen LogP) is 3.44. The number of amides is 4. The molecule has 0 aliphatic carbocycles. The minimum absolute atomic E-state index is 0.0573. The number of phenols is 1. The second kappa shape index (κ2) is 13.9. The zero-order valence-corrected chi connectivity index (χ0v) is 23.4. The number of aryl methyl sites for hydroxylation is 1. The van der Waals surface area contributed by atoms with Crippen LogP contribution in [0.4, 0.5) is 4.79 Å². The van der Waals surface area contributed by atoms with E-state index in [1.807, 2.05) is 20.8 Å². The highest BCUT2D eigenvalue weighted by atomic mass is 16.6. The first kappa shape index (κ1) is 31.7. The minimum Gasteiger partial charge on any atom is -0.508 e. The van der Waals surface area contributed by atoms with E-state index in [2.05, 4.69) is 10.6 Å². The van der Waals surface area contributed by atoms with E-state index in [0.29, 0.717) is 17.5 Å². The largest absolute Gasteiger partial charge is 0.508 e. The zero-order valence-electron chi connectivity index (χ0n) is 23.4. The van der Waals surface area contributed by atoms with Crippen LogP contribution in [0, 0.1) is 6.92 Å². The van der Waals surface area contributed by atoms with E-state index in [9.17, 15) is 24.3 Å².